The molecule has 2 heteroatoms. The van der Waals surface area contributed by atoms with Gasteiger partial charge in [0, 0.05) is 5.56 Å². The molecule has 0 saturated carbocycles. The fourth-order valence-corrected chi connectivity index (χ4v) is 1.22. The van der Waals surface area contributed by atoms with Crippen LogP contribution in [0.5, 0.6) is 5.75 Å². The Morgan fingerprint density at radius 1 is 1.50 bits per heavy atom. The molecule has 2 nitrogen and oxygen atoms in total. The molecule has 0 fully saturated rings. The summed E-state index contributed by atoms with van der Waals surface area (Å²) in [5.41, 5.74) is 0.856. The minimum atomic E-state index is 0.0196. The fraction of sp³-hybridized carbons (Fsp3) is 0.300. The van der Waals surface area contributed by atoms with E-state index in [1.54, 1.807) is 12.1 Å². The Morgan fingerprint density at radius 2 is 2.17 bits per heavy atom. The molecular formula is C10H13NO. The summed E-state index contributed by atoms with van der Waals surface area (Å²) in [5.74, 6) is 0.303. The van der Waals surface area contributed by atoms with Crippen LogP contribution in [0.1, 0.15) is 24.9 Å². The van der Waals surface area contributed by atoms with Gasteiger partial charge in [-0.3, -0.25) is 4.99 Å². The van der Waals surface area contributed by atoms with E-state index in [-0.39, 0.29) is 6.04 Å². The first-order valence-corrected chi connectivity index (χ1v) is 4.03. The summed E-state index contributed by atoms with van der Waals surface area (Å²) in [6.45, 7) is 5.51. The summed E-state index contributed by atoms with van der Waals surface area (Å²) in [6.07, 6.45) is 0.862. The molecule has 0 heterocycles. The van der Waals surface area contributed by atoms with E-state index in [0.717, 1.165) is 12.0 Å². The lowest BCUT2D eigenvalue weighted by Crippen LogP contribution is -1.92. The third-order valence-electron chi connectivity index (χ3n) is 1.90. The molecule has 0 bridgehead atoms. The van der Waals surface area contributed by atoms with Crippen molar-refractivity contribution in [2.24, 2.45) is 4.99 Å². The Morgan fingerprint density at radius 3 is 2.67 bits per heavy atom. The van der Waals surface area contributed by atoms with Crippen molar-refractivity contribution >= 4 is 6.72 Å². The van der Waals surface area contributed by atoms with E-state index in [2.05, 4.69) is 11.7 Å². The Balaban J connectivity index is 3.00. The molecule has 12 heavy (non-hydrogen) atoms. The van der Waals surface area contributed by atoms with Crippen LogP contribution < -0.4 is 0 Å². The molecule has 1 atom stereocenters. The van der Waals surface area contributed by atoms with Crippen molar-refractivity contribution < 1.29 is 5.11 Å². The van der Waals surface area contributed by atoms with E-state index in [4.69, 9.17) is 0 Å². The highest BCUT2D eigenvalue weighted by atomic mass is 16.3. The first-order chi connectivity index (χ1) is 5.79. The van der Waals surface area contributed by atoms with Crippen LogP contribution >= 0.6 is 0 Å². The second kappa shape index (κ2) is 3.90. The SMILES string of the molecule is C=N[C@H](CC)c1ccccc1O. The molecule has 0 amide bonds. The van der Waals surface area contributed by atoms with Crippen molar-refractivity contribution in [1.29, 1.82) is 0 Å². The van der Waals surface area contributed by atoms with Gasteiger partial charge in [0.25, 0.3) is 0 Å². The Hall–Kier alpha value is -1.31. The van der Waals surface area contributed by atoms with Crippen LogP contribution in [0.4, 0.5) is 0 Å². The lowest BCUT2D eigenvalue weighted by atomic mass is 10.0. The predicted molar refractivity (Wildman–Crippen MR) is 50.7 cm³/mol. The van der Waals surface area contributed by atoms with Crippen LogP contribution in [-0.2, 0) is 0 Å². The first-order valence-electron chi connectivity index (χ1n) is 4.03. The number of phenols is 1. The lowest BCUT2D eigenvalue weighted by molar-refractivity contribution is 0.460. The van der Waals surface area contributed by atoms with Crippen molar-refractivity contribution in [3.05, 3.63) is 29.8 Å². The van der Waals surface area contributed by atoms with Gasteiger partial charge in [0.15, 0.2) is 0 Å². The Bertz CT molecular complexity index is 270. The summed E-state index contributed by atoms with van der Waals surface area (Å²) in [5, 5.41) is 9.46. The molecule has 64 valence electrons. The molecule has 0 unspecified atom stereocenters. The van der Waals surface area contributed by atoms with Crippen molar-refractivity contribution in [2.45, 2.75) is 19.4 Å². The van der Waals surface area contributed by atoms with Gasteiger partial charge in [-0.25, -0.2) is 0 Å². The van der Waals surface area contributed by atoms with Crippen molar-refractivity contribution in [2.75, 3.05) is 0 Å². The summed E-state index contributed by atoms with van der Waals surface area (Å²) in [7, 11) is 0. The highest BCUT2D eigenvalue weighted by Crippen LogP contribution is 2.27. The van der Waals surface area contributed by atoms with Gasteiger partial charge in [-0.15, -0.1) is 0 Å². The average molecular weight is 163 g/mol. The highest BCUT2D eigenvalue weighted by Gasteiger charge is 2.09. The quantitative estimate of drug-likeness (QED) is 0.682. The van der Waals surface area contributed by atoms with Crippen LogP contribution in [0.25, 0.3) is 0 Å². The van der Waals surface area contributed by atoms with Crippen LogP contribution in [-0.4, -0.2) is 11.8 Å². The number of para-hydroxylation sites is 1. The minimum absolute atomic E-state index is 0.0196. The zero-order valence-electron chi connectivity index (χ0n) is 7.20. The maximum atomic E-state index is 9.46. The third-order valence-corrected chi connectivity index (χ3v) is 1.90. The monoisotopic (exact) mass is 163 g/mol. The Kier molecular flexibility index (Phi) is 2.86. The second-order valence-electron chi connectivity index (χ2n) is 2.67. The molecule has 0 aliphatic rings. The van der Waals surface area contributed by atoms with Gasteiger partial charge in [-0.05, 0) is 19.2 Å². The van der Waals surface area contributed by atoms with Crippen LogP contribution in [0.3, 0.4) is 0 Å². The van der Waals surface area contributed by atoms with Crippen molar-refractivity contribution in [1.82, 2.24) is 0 Å². The highest BCUT2D eigenvalue weighted by molar-refractivity contribution is 5.37. The minimum Gasteiger partial charge on any atom is -0.508 e. The molecule has 0 spiro atoms. The predicted octanol–water partition coefficient (Wildman–Crippen LogP) is 2.54. The van der Waals surface area contributed by atoms with Gasteiger partial charge in [0.05, 0.1) is 6.04 Å². The van der Waals surface area contributed by atoms with E-state index in [1.807, 2.05) is 19.1 Å². The normalized spacial score (nSPS) is 12.4. The summed E-state index contributed by atoms with van der Waals surface area (Å²) in [4.78, 5) is 3.93. The van der Waals surface area contributed by atoms with Gasteiger partial charge in [-0.2, -0.15) is 0 Å². The number of hydrogen-bond acceptors (Lipinski definition) is 2. The molecule has 1 aromatic rings. The zero-order chi connectivity index (χ0) is 8.97. The van der Waals surface area contributed by atoms with Crippen molar-refractivity contribution in [3.63, 3.8) is 0 Å². The number of aliphatic imine (C=N–C) groups is 1. The van der Waals surface area contributed by atoms with Gasteiger partial charge in [0.2, 0.25) is 0 Å². The number of hydrogen-bond donors (Lipinski definition) is 1. The maximum absolute atomic E-state index is 9.46. The lowest BCUT2D eigenvalue weighted by Gasteiger charge is -2.10. The van der Waals surface area contributed by atoms with Crippen LogP contribution in [0.15, 0.2) is 29.3 Å². The third kappa shape index (κ3) is 1.64. The van der Waals surface area contributed by atoms with Crippen molar-refractivity contribution in [3.8, 4) is 5.75 Å². The largest absolute Gasteiger partial charge is 0.508 e. The van der Waals surface area contributed by atoms with E-state index < -0.39 is 0 Å². The van der Waals surface area contributed by atoms with Crippen LogP contribution in [0, 0.1) is 0 Å². The van der Waals surface area contributed by atoms with E-state index in [0.29, 0.717) is 5.75 Å². The maximum Gasteiger partial charge on any atom is 0.120 e. The van der Waals surface area contributed by atoms with Gasteiger partial charge >= 0.3 is 0 Å². The summed E-state index contributed by atoms with van der Waals surface area (Å²) >= 11 is 0. The molecule has 0 aromatic heterocycles. The smallest absolute Gasteiger partial charge is 0.120 e. The second-order valence-corrected chi connectivity index (χ2v) is 2.67. The fourth-order valence-electron chi connectivity index (χ4n) is 1.22. The molecule has 0 aliphatic heterocycles. The number of benzene rings is 1. The first kappa shape index (κ1) is 8.78. The molecule has 1 N–H and O–H groups in total. The molecule has 1 rings (SSSR count). The van der Waals surface area contributed by atoms with Crippen LogP contribution in [0.2, 0.25) is 0 Å². The summed E-state index contributed by atoms with van der Waals surface area (Å²) < 4.78 is 0. The van der Waals surface area contributed by atoms with E-state index in [9.17, 15) is 5.11 Å². The summed E-state index contributed by atoms with van der Waals surface area (Å²) in [6, 6.07) is 7.25. The molecule has 0 radical (unpaired) electrons. The van der Waals surface area contributed by atoms with E-state index in [1.165, 1.54) is 0 Å². The molecule has 0 aliphatic carbocycles. The number of aromatic hydroxyl groups is 1. The van der Waals surface area contributed by atoms with Gasteiger partial charge in [0.1, 0.15) is 5.75 Å². The Labute approximate surface area is 72.6 Å². The van der Waals surface area contributed by atoms with Gasteiger partial charge in [-0.1, -0.05) is 25.1 Å². The zero-order valence-corrected chi connectivity index (χ0v) is 7.20. The van der Waals surface area contributed by atoms with E-state index >= 15 is 0 Å². The van der Waals surface area contributed by atoms with Gasteiger partial charge < -0.3 is 5.11 Å². The average Bonchev–Trinajstić information content (AvgIpc) is 2.10. The molecular weight excluding hydrogens is 150 g/mol. The number of phenolic OH excluding ortho intramolecular Hbond substituents is 1. The number of nitrogens with zero attached hydrogens (tertiary/aromatic N) is 1. The molecule has 1 aromatic carbocycles. The number of rotatable bonds is 3. The standard InChI is InChI=1S/C10H13NO/c1-3-9(11-2)8-6-4-5-7-10(8)12/h4-7,9,12H,2-3H2,1H3/t9-/m1/s1. The topological polar surface area (TPSA) is 32.6 Å². The molecule has 0 saturated heterocycles.